The summed E-state index contributed by atoms with van der Waals surface area (Å²) in [5.41, 5.74) is 0. The van der Waals surface area contributed by atoms with Crippen molar-refractivity contribution >= 4 is 31.8 Å². The zero-order valence-corrected chi connectivity index (χ0v) is 13.0. The number of hydrogen-bond acceptors (Lipinski definition) is 5. The molecule has 0 unspecified atom stereocenters. The van der Waals surface area contributed by atoms with E-state index in [-0.39, 0.29) is 11.7 Å². The van der Waals surface area contributed by atoms with Gasteiger partial charge in [0.1, 0.15) is 16.2 Å². The van der Waals surface area contributed by atoms with E-state index >= 15 is 0 Å². The largest absolute Gasteiger partial charge is 0.369 e. The maximum Gasteiger partial charge on any atom is 0.213 e. The normalized spacial score (nSPS) is 11.8. The number of nitrogens with one attached hydrogen (secondary N) is 2. The number of aromatic nitrogens is 2. The van der Waals surface area contributed by atoms with Gasteiger partial charge < -0.3 is 5.32 Å². The van der Waals surface area contributed by atoms with Gasteiger partial charge in [-0.05, 0) is 23.0 Å². The molecule has 1 aromatic rings. The molecule has 6 nitrogen and oxygen atoms in total. The van der Waals surface area contributed by atoms with Gasteiger partial charge in [0.15, 0.2) is 0 Å². The first-order valence-electron chi connectivity index (χ1n) is 5.53. The lowest BCUT2D eigenvalue weighted by atomic mass is 10.2. The van der Waals surface area contributed by atoms with E-state index in [4.69, 9.17) is 0 Å². The Hall–Kier alpha value is -0.730. The van der Waals surface area contributed by atoms with Crippen LogP contribution in [0.4, 0.5) is 5.82 Å². The predicted octanol–water partition coefficient (Wildman–Crippen LogP) is 1.32. The van der Waals surface area contributed by atoms with Gasteiger partial charge in [-0.3, -0.25) is 0 Å². The lowest BCUT2D eigenvalue weighted by molar-refractivity contribution is 0.588. The first-order chi connectivity index (χ1) is 8.34. The second-order valence-corrected chi connectivity index (χ2v) is 6.90. The molecule has 1 aromatic heterocycles. The molecular formula is C10H17BrN4O2S. The molecule has 102 valence electrons. The van der Waals surface area contributed by atoms with Crippen LogP contribution in [0.5, 0.6) is 0 Å². The summed E-state index contributed by atoms with van der Waals surface area (Å²) in [5, 5.41) is 2.97. The van der Waals surface area contributed by atoms with Gasteiger partial charge in [-0.2, -0.15) is 0 Å². The van der Waals surface area contributed by atoms with Crippen LogP contribution in [0.15, 0.2) is 10.7 Å². The first kappa shape index (κ1) is 15.3. The Bertz CT molecular complexity index is 505. The molecule has 0 radical (unpaired) electrons. The Morgan fingerprint density at radius 3 is 2.61 bits per heavy atom. The molecule has 0 saturated carbocycles. The van der Waals surface area contributed by atoms with Gasteiger partial charge in [0.2, 0.25) is 10.0 Å². The molecule has 0 amide bonds. The van der Waals surface area contributed by atoms with Crippen molar-refractivity contribution in [2.75, 3.05) is 24.7 Å². The van der Waals surface area contributed by atoms with Crippen molar-refractivity contribution in [2.24, 2.45) is 0 Å². The lowest BCUT2D eigenvalue weighted by Crippen LogP contribution is -2.26. The average molecular weight is 337 g/mol. The minimum absolute atomic E-state index is 0.00212. The summed E-state index contributed by atoms with van der Waals surface area (Å²) in [5.74, 6) is 1.54. The van der Waals surface area contributed by atoms with Crippen LogP contribution < -0.4 is 10.0 Å². The zero-order chi connectivity index (χ0) is 13.8. The highest BCUT2D eigenvalue weighted by Crippen LogP contribution is 2.17. The Morgan fingerprint density at radius 2 is 2.06 bits per heavy atom. The van der Waals surface area contributed by atoms with Crippen LogP contribution in [-0.2, 0) is 10.0 Å². The van der Waals surface area contributed by atoms with Gasteiger partial charge in [-0.25, -0.2) is 23.1 Å². The van der Waals surface area contributed by atoms with Gasteiger partial charge in [-0.15, -0.1) is 0 Å². The molecule has 0 atom stereocenters. The molecule has 0 aliphatic rings. The molecule has 8 heteroatoms. The van der Waals surface area contributed by atoms with Crippen molar-refractivity contribution in [3.8, 4) is 0 Å². The van der Waals surface area contributed by atoms with Gasteiger partial charge in [0.05, 0.1) is 5.75 Å². The standard InChI is InChI=1S/C10H17BrN4O2S/c1-7(2)10-14-8(11)6-9(15-10)13-4-5-18(16,17)12-3/h6-7,12H,4-5H2,1-3H3,(H,13,14,15). The van der Waals surface area contributed by atoms with Crippen molar-refractivity contribution in [3.63, 3.8) is 0 Å². The number of rotatable bonds is 6. The highest BCUT2D eigenvalue weighted by atomic mass is 79.9. The summed E-state index contributed by atoms with van der Waals surface area (Å²) in [7, 11) is -1.80. The Morgan fingerprint density at radius 1 is 1.39 bits per heavy atom. The summed E-state index contributed by atoms with van der Waals surface area (Å²) >= 11 is 3.30. The molecular weight excluding hydrogens is 320 g/mol. The van der Waals surface area contributed by atoms with Crippen LogP contribution in [0.3, 0.4) is 0 Å². The van der Waals surface area contributed by atoms with Crippen LogP contribution in [0, 0.1) is 0 Å². The fraction of sp³-hybridized carbons (Fsp3) is 0.600. The third kappa shape index (κ3) is 4.87. The van der Waals surface area contributed by atoms with E-state index < -0.39 is 10.0 Å². The van der Waals surface area contributed by atoms with Gasteiger partial charge >= 0.3 is 0 Å². The fourth-order valence-corrected chi connectivity index (χ4v) is 2.17. The SMILES string of the molecule is CNS(=O)(=O)CCNc1cc(Br)nc(C(C)C)n1. The molecule has 0 aromatic carbocycles. The molecule has 1 rings (SSSR count). The van der Waals surface area contributed by atoms with Crippen LogP contribution in [-0.4, -0.2) is 37.7 Å². The van der Waals surface area contributed by atoms with Crippen molar-refractivity contribution in [1.29, 1.82) is 0 Å². The maximum atomic E-state index is 11.2. The van der Waals surface area contributed by atoms with E-state index in [0.717, 1.165) is 0 Å². The van der Waals surface area contributed by atoms with Crippen LogP contribution in [0.25, 0.3) is 0 Å². The number of anilines is 1. The second kappa shape index (κ2) is 6.44. The fourth-order valence-electron chi connectivity index (χ4n) is 1.20. The molecule has 0 aliphatic heterocycles. The quantitative estimate of drug-likeness (QED) is 0.765. The number of sulfonamides is 1. The molecule has 2 N–H and O–H groups in total. The van der Waals surface area contributed by atoms with Crippen LogP contribution in [0.1, 0.15) is 25.6 Å². The van der Waals surface area contributed by atoms with E-state index in [1.165, 1.54) is 7.05 Å². The van der Waals surface area contributed by atoms with E-state index in [1.807, 2.05) is 13.8 Å². The second-order valence-electron chi connectivity index (χ2n) is 4.04. The number of hydrogen-bond donors (Lipinski definition) is 2. The third-order valence-corrected chi connectivity index (χ3v) is 3.99. The Kier molecular flexibility index (Phi) is 5.48. The highest BCUT2D eigenvalue weighted by molar-refractivity contribution is 9.10. The Balaban J connectivity index is 2.68. The molecule has 0 spiro atoms. The smallest absolute Gasteiger partial charge is 0.213 e. The topological polar surface area (TPSA) is 84.0 Å². The number of nitrogens with zero attached hydrogens (tertiary/aromatic N) is 2. The Labute approximate surface area is 116 Å². The summed E-state index contributed by atoms with van der Waals surface area (Å²) in [6.45, 7) is 4.29. The molecule has 0 fully saturated rings. The number of halogens is 1. The van der Waals surface area contributed by atoms with Crippen molar-refractivity contribution in [2.45, 2.75) is 19.8 Å². The average Bonchev–Trinajstić information content (AvgIpc) is 2.28. The molecule has 0 aliphatic carbocycles. The van der Waals surface area contributed by atoms with Gasteiger partial charge in [0, 0.05) is 18.5 Å². The molecule has 18 heavy (non-hydrogen) atoms. The minimum atomic E-state index is -3.19. The van der Waals surface area contributed by atoms with Crippen molar-refractivity contribution in [1.82, 2.24) is 14.7 Å². The van der Waals surface area contributed by atoms with Crippen LogP contribution in [0.2, 0.25) is 0 Å². The highest BCUT2D eigenvalue weighted by Gasteiger charge is 2.09. The van der Waals surface area contributed by atoms with E-state index in [9.17, 15) is 8.42 Å². The summed E-state index contributed by atoms with van der Waals surface area (Å²) < 4.78 is 25.4. The zero-order valence-electron chi connectivity index (χ0n) is 10.6. The summed E-state index contributed by atoms with van der Waals surface area (Å²) in [6, 6.07) is 1.72. The predicted molar refractivity (Wildman–Crippen MR) is 75.2 cm³/mol. The third-order valence-electron chi connectivity index (χ3n) is 2.22. The van der Waals surface area contributed by atoms with Crippen molar-refractivity contribution in [3.05, 3.63) is 16.5 Å². The van der Waals surface area contributed by atoms with Crippen LogP contribution >= 0.6 is 15.9 Å². The van der Waals surface area contributed by atoms with E-state index in [2.05, 4.69) is 35.9 Å². The monoisotopic (exact) mass is 336 g/mol. The van der Waals surface area contributed by atoms with Gasteiger partial charge in [0.25, 0.3) is 0 Å². The summed E-state index contributed by atoms with van der Waals surface area (Å²) in [6.07, 6.45) is 0. The van der Waals surface area contributed by atoms with E-state index in [1.54, 1.807) is 6.07 Å². The lowest BCUT2D eigenvalue weighted by Gasteiger charge is -2.09. The molecule has 1 heterocycles. The first-order valence-corrected chi connectivity index (χ1v) is 7.98. The molecule has 0 saturated heterocycles. The van der Waals surface area contributed by atoms with Crippen molar-refractivity contribution < 1.29 is 8.42 Å². The summed E-state index contributed by atoms with van der Waals surface area (Å²) in [4.78, 5) is 8.55. The van der Waals surface area contributed by atoms with Gasteiger partial charge in [-0.1, -0.05) is 13.8 Å². The maximum absolute atomic E-state index is 11.2. The molecule has 0 bridgehead atoms. The van der Waals surface area contributed by atoms with E-state index in [0.29, 0.717) is 22.8 Å². The minimum Gasteiger partial charge on any atom is -0.369 e.